The van der Waals surface area contributed by atoms with Crippen LogP contribution in [0.25, 0.3) is 0 Å². The number of hydrogen-bond donors (Lipinski definition) is 1. The van der Waals surface area contributed by atoms with Gasteiger partial charge in [-0.2, -0.15) is 0 Å². The highest BCUT2D eigenvalue weighted by Gasteiger charge is 2.38. The molecule has 1 atom stereocenters. The lowest BCUT2D eigenvalue weighted by molar-refractivity contribution is -0.124. The fraction of sp³-hybridized carbons (Fsp3) is 0.467. The summed E-state index contributed by atoms with van der Waals surface area (Å²) in [4.78, 5) is 14.7. The Balaban J connectivity index is 3.17. The van der Waals surface area contributed by atoms with E-state index in [1.165, 1.54) is 0 Å². The van der Waals surface area contributed by atoms with Gasteiger partial charge in [-0.25, -0.2) is 0 Å². The molecule has 1 amide bonds. The summed E-state index contributed by atoms with van der Waals surface area (Å²) in [6, 6.07) is 7.89. The lowest BCUT2D eigenvalue weighted by Crippen LogP contribution is -2.48. The van der Waals surface area contributed by atoms with Crippen LogP contribution in [0.5, 0.6) is 0 Å². The third-order valence-electron chi connectivity index (χ3n) is 3.60. The van der Waals surface area contributed by atoms with Gasteiger partial charge in [-0.05, 0) is 44.9 Å². The Morgan fingerprint density at radius 3 is 2.47 bits per heavy atom. The van der Waals surface area contributed by atoms with Gasteiger partial charge in [-0.3, -0.25) is 4.79 Å². The van der Waals surface area contributed by atoms with Crippen molar-refractivity contribution in [2.45, 2.75) is 34.1 Å². The average molecular weight is 278 g/mol. The van der Waals surface area contributed by atoms with Crippen LogP contribution in [0.2, 0.25) is 0 Å². The second-order valence-corrected chi connectivity index (χ2v) is 5.38. The van der Waals surface area contributed by atoms with Crippen LogP contribution < -0.4 is 10.6 Å². The van der Waals surface area contributed by atoms with Crippen molar-refractivity contribution in [3.63, 3.8) is 0 Å². The lowest BCUT2D eigenvalue weighted by Gasteiger charge is -2.32. The Hall–Kier alpha value is -1.42. The second kappa shape index (κ2) is 6.15. The summed E-state index contributed by atoms with van der Waals surface area (Å²) < 4.78 is 0. The summed E-state index contributed by atoms with van der Waals surface area (Å²) in [7, 11) is 0. The minimum absolute atomic E-state index is 0.0319. The van der Waals surface area contributed by atoms with Crippen LogP contribution in [0, 0.1) is 12.3 Å². The predicted octanol–water partition coefficient (Wildman–Crippen LogP) is 3.05. The van der Waals surface area contributed by atoms with Crippen molar-refractivity contribution in [1.29, 1.82) is 0 Å². The number of anilines is 1. The Bertz CT molecular complexity index is 487. The van der Waals surface area contributed by atoms with Crippen molar-refractivity contribution in [2.75, 3.05) is 11.4 Å². The Morgan fingerprint density at radius 2 is 2.05 bits per heavy atom. The zero-order valence-electron chi connectivity index (χ0n) is 12.1. The molecule has 0 aliphatic rings. The number of nitrogens with zero attached hydrogens (tertiary/aromatic N) is 1. The molecule has 1 aromatic rings. The monoisotopic (exact) mass is 278 g/mol. The number of hydrogen-bond acceptors (Lipinski definition) is 2. The fourth-order valence-electron chi connectivity index (χ4n) is 1.97. The van der Waals surface area contributed by atoms with Crippen LogP contribution in [-0.4, -0.2) is 17.4 Å². The van der Waals surface area contributed by atoms with E-state index in [-0.39, 0.29) is 10.9 Å². The molecule has 0 aliphatic carbocycles. The van der Waals surface area contributed by atoms with Crippen LogP contribution in [0.1, 0.15) is 32.8 Å². The van der Waals surface area contributed by atoms with Gasteiger partial charge in [-0.15, -0.1) is 0 Å². The quantitative estimate of drug-likeness (QED) is 0.842. The van der Waals surface area contributed by atoms with Gasteiger partial charge in [0.05, 0.1) is 10.4 Å². The van der Waals surface area contributed by atoms with E-state index in [0.29, 0.717) is 13.0 Å². The van der Waals surface area contributed by atoms with Crippen LogP contribution in [0.3, 0.4) is 0 Å². The van der Waals surface area contributed by atoms with Crippen molar-refractivity contribution in [3.05, 3.63) is 29.8 Å². The largest absolute Gasteiger partial charge is 0.392 e. The highest BCUT2D eigenvalue weighted by atomic mass is 32.1. The van der Waals surface area contributed by atoms with Crippen molar-refractivity contribution in [1.82, 2.24) is 0 Å². The molecule has 0 saturated carbocycles. The summed E-state index contributed by atoms with van der Waals surface area (Å²) >= 11 is 5.08. The van der Waals surface area contributed by atoms with Gasteiger partial charge >= 0.3 is 0 Å². The Labute approximate surface area is 120 Å². The maximum absolute atomic E-state index is 12.7. The molecule has 0 aliphatic heterocycles. The van der Waals surface area contributed by atoms with Crippen LogP contribution >= 0.6 is 12.2 Å². The van der Waals surface area contributed by atoms with Crippen LogP contribution in [-0.2, 0) is 4.79 Å². The SMILES string of the molecule is CCN(C(=O)C(C)(CC)C(N)=S)c1cccc(C)c1. The van der Waals surface area contributed by atoms with Gasteiger partial charge < -0.3 is 10.6 Å². The van der Waals surface area contributed by atoms with Crippen molar-refractivity contribution in [3.8, 4) is 0 Å². The molecule has 2 N–H and O–H groups in total. The molecule has 0 fully saturated rings. The van der Waals surface area contributed by atoms with Gasteiger partial charge in [0, 0.05) is 12.2 Å². The van der Waals surface area contributed by atoms with E-state index < -0.39 is 5.41 Å². The van der Waals surface area contributed by atoms with E-state index in [1.54, 1.807) is 4.90 Å². The van der Waals surface area contributed by atoms with E-state index in [1.807, 2.05) is 52.0 Å². The first-order chi connectivity index (χ1) is 8.86. The molecule has 0 saturated heterocycles. The fourth-order valence-corrected chi connectivity index (χ4v) is 2.20. The summed E-state index contributed by atoms with van der Waals surface area (Å²) in [5, 5.41) is 0. The van der Waals surface area contributed by atoms with Crippen molar-refractivity contribution >= 4 is 28.8 Å². The van der Waals surface area contributed by atoms with E-state index >= 15 is 0 Å². The highest BCUT2D eigenvalue weighted by molar-refractivity contribution is 7.80. The molecule has 0 aromatic heterocycles. The summed E-state index contributed by atoms with van der Waals surface area (Å²) in [5.41, 5.74) is 7.00. The average Bonchev–Trinajstić information content (AvgIpc) is 2.38. The number of carbonyl (C=O) groups excluding carboxylic acids is 1. The number of rotatable bonds is 5. The maximum Gasteiger partial charge on any atom is 0.239 e. The third-order valence-corrected chi connectivity index (χ3v) is 4.05. The lowest BCUT2D eigenvalue weighted by atomic mass is 9.85. The number of amides is 1. The van der Waals surface area contributed by atoms with Gasteiger partial charge in [0.15, 0.2) is 0 Å². The topological polar surface area (TPSA) is 46.3 Å². The molecule has 4 heteroatoms. The molecule has 104 valence electrons. The molecule has 1 aromatic carbocycles. The number of nitrogens with two attached hydrogens (primary N) is 1. The summed E-state index contributed by atoms with van der Waals surface area (Å²) in [6.45, 7) is 8.31. The zero-order valence-corrected chi connectivity index (χ0v) is 12.9. The van der Waals surface area contributed by atoms with Crippen molar-refractivity contribution < 1.29 is 4.79 Å². The summed E-state index contributed by atoms with van der Waals surface area (Å²) in [6.07, 6.45) is 0.601. The van der Waals surface area contributed by atoms with Crippen LogP contribution in [0.4, 0.5) is 5.69 Å². The molecule has 0 bridgehead atoms. The molecular formula is C15H22N2OS. The first kappa shape index (κ1) is 15.6. The van der Waals surface area contributed by atoms with Gasteiger partial charge in [0.25, 0.3) is 0 Å². The molecule has 0 spiro atoms. The molecule has 1 rings (SSSR count). The predicted molar refractivity (Wildman–Crippen MR) is 84.4 cm³/mol. The molecule has 1 unspecified atom stereocenters. The zero-order chi connectivity index (χ0) is 14.6. The number of benzene rings is 1. The minimum atomic E-state index is -0.783. The molecule has 0 heterocycles. The standard InChI is InChI=1S/C15H22N2OS/c1-5-15(4,13(16)19)14(18)17(6-2)12-9-7-8-11(3)10-12/h7-10H,5-6H2,1-4H3,(H2,16,19). The van der Waals surface area contributed by atoms with Gasteiger partial charge in [0.2, 0.25) is 5.91 Å². The molecule has 19 heavy (non-hydrogen) atoms. The van der Waals surface area contributed by atoms with Gasteiger partial charge in [-0.1, -0.05) is 31.3 Å². The first-order valence-corrected chi connectivity index (χ1v) is 6.96. The smallest absolute Gasteiger partial charge is 0.239 e. The summed E-state index contributed by atoms with van der Waals surface area (Å²) in [5.74, 6) is -0.0319. The normalized spacial score (nSPS) is 13.7. The number of thiocarbonyl (C=S) groups is 1. The Morgan fingerprint density at radius 1 is 1.42 bits per heavy atom. The van der Waals surface area contributed by atoms with Crippen LogP contribution in [0.15, 0.2) is 24.3 Å². The Kier molecular flexibility index (Phi) is 5.06. The van der Waals surface area contributed by atoms with E-state index in [4.69, 9.17) is 18.0 Å². The van der Waals surface area contributed by atoms with E-state index in [0.717, 1.165) is 11.3 Å². The number of carbonyl (C=O) groups is 1. The van der Waals surface area contributed by atoms with E-state index in [2.05, 4.69) is 0 Å². The molecular weight excluding hydrogens is 256 g/mol. The second-order valence-electron chi connectivity index (χ2n) is 4.94. The minimum Gasteiger partial charge on any atom is -0.392 e. The van der Waals surface area contributed by atoms with Gasteiger partial charge in [0.1, 0.15) is 0 Å². The number of aryl methyl sites for hydroxylation is 1. The van der Waals surface area contributed by atoms with E-state index in [9.17, 15) is 4.79 Å². The highest BCUT2D eigenvalue weighted by Crippen LogP contribution is 2.28. The maximum atomic E-state index is 12.7. The molecule has 3 nitrogen and oxygen atoms in total. The first-order valence-electron chi connectivity index (χ1n) is 6.55. The molecule has 0 radical (unpaired) electrons. The third kappa shape index (κ3) is 3.13. The van der Waals surface area contributed by atoms with Crippen molar-refractivity contribution in [2.24, 2.45) is 11.1 Å².